The van der Waals surface area contributed by atoms with Crippen molar-refractivity contribution >= 4 is 23.5 Å². The molecule has 0 saturated heterocycles. The molecule has 0 bridgehead atoms. The molecule has 0 saturated carbocycles. The number of ether oxygens (including phenoxy) is 1. The fraction of sp³-hybridized carbons (Fsp3) is 0.211. The number of hydrogen-bond acceptors (Lipinski definition) is 4. The highest BCUT2D eigenvalue weighted by atomic mass is 19.1. The van der Waals surface area contributed by atoms with Crippen molar-refractivity contribution < 1.29 is 23.5 Å². The lowest BCUT2D eigenvalue weighted by Gasteiger charge is -2.13. The summed E-state index contributed by atoms with van der Waals surface area (Å²) in [7, 11) is 0. The molecule has 0 aliphatic rings. The molecule has 2 amide bonds. The summed E-state index contributed by atoms with van der Waals surface area (Å²) in [6.07, 6.45) is 0. The molecule has 1 atom stereocenters. The Morgan fingerprint density at radius 1 is 1.12 bits per heavy atom. The second-order valence-electron chi connectivity index (χ2n) is 5.68. The molecule has 0 aliphatic carbocycles. The Morgan fingerprint density at radius 3 is 2.46 bits per heavy atom. The average Bonchev–Trinajstić information content (AvgIpc) is 2.63. The molecule has 0 radical (unpaired) electrons. The van der Waals surface area contributed by atoms with Gasteiger partial charge in [0.1, 0.15) is 11.9 Å². The molecular formula is C19H19FN2O4. The van der Waals surface area contributed by atoms with Crippen molar-refractivity contribution in [1.82, 2.24) is 5.32 Å². The number of nitrogens with one attached hydrogen (secondary N) is 2. The quantitative estimate of drug-likeness (QED) is 0.777. The average molecular weight is 358 g/mol. The Morgan fingerprint density at radius 2 is 1.81 bits per heavy atom. The number of carbonyl (C=O) groups is 3. The first-order valence-corrected chi connectivity index (χ1v) is 7.95. The van der Waals surface area contributed by atoms with Gasteiger partial charge in [-0.15, -0.1) is 0 Å². The largest absolute Gasteiger partial charge is 0.454 e. The SMILES string of the molecule is Cc1ccc(NC(=O)COC(=O)[C@H](C)NC(=O)c2ccccc2)cc1F. The zero-order chi connectivity index (χ0) is 19.1. The minimum Gasteiger partial charge on any atom is -0.454 e. The summed E-state index contributed by atoms with van der Waals surface area (Å²) >= 11 is 0. The number of halogens is 1. The summed E-state index contributed by atoms with van der Waals surface area (Å²) in [5, 5.41) is 4.92. The van der Waals surface area contributed by atoms with Crippen LogP contribution < -0.4 is 10.6 Å². The van der Waals surface area contributed by atoms with Crippen LogP contribution in [0, 0.1) is 12.7 Å². The summed E-state index contributed by atoms with van der Waals surface area (Å²) in [6.45, 7) is 2.52. The lowest BCUT2D eigenvalue weighted by molar-refractivity contribution is -0.148. The van der Waals surface area contributed by atoms with Crippen LogP contribution in [-0.2, 0) is 14.3 Å². The van der Waals surface area contributed by atoms with E-state index in [1.807, 2.05) is 0 Å². The van der Waals surface area contributed by atoms with Crippen LogP contribution in [0.2, 0.25) is 0 Å². The number of hydrogen-bond donors (Lipinski definition) is 2. The summed E-state index contributed by atoms with van der Waals surface area (Å²) in [4.78, 5) is 35.6. The van der Waals surface area contributed by atoms with Crippen LogP contribution in [-0.4, -0.2) is 30.4 Å². The molecule has 0 spiro atoms. The van der Waals surface area contributed by atoms with E-state index in [1.54, 1.807) is 43.3 Å². The number of amides is 2. The van der Waals surface area contributed by atoms with Crippen molar-refractivity contribution in [3.8, 4) is 0 Å². The molecule has 7 heteroatoms. The molecular weight excluding hydrogens is 339 g/mol. The molecule has 0 aromatic heterocycles. The zero-order valence-electron chi connectivity index (χ0n) is 14.4. The van der Waals surface area contributed by atoms with Gasteiger partial charge in [0.15, 0.2) is 6.61 Å². The van der Waals surface area contributed by atoms with E-state index in [0.717, 1.165) is 0 Å². The van der Waals surface area contributed by atoms with Gasteiger partial charge < -0.3 is 15.4 Å². The predicted octanol–water partition coefficient (Wildman–Crippen LogP) is 2.43. The molecule has 6 nitrogen and oxygen atoms in total. The molecule has 0 fully saturated rings. The molecule has 0 unspecified atom stereocenters. The van der Waals surface area contributed by atoms with Gasteiger partial charge in [-0.3, -0.25) is 9.59 Å². The van der Waals surface area contributed by atoms with Gasteiger partial charge in [0.05, 0.1) is 0 Å². The maximum atomic E-state index is 13.4. The second kappa shape index (κ2) is 8.75. The fourth-order valence-electron chi connectivity index (χ4n) is 2.06. The Hall–Kier alpha value is -3.22. The molecule has 26 heavy (non-hydrogen) atoms. The fourth-order valence-corrected chi connectivity index (χ4v) is 2.06. The minimum atomic E-state index is -0.924. The summed E-state index contributed by atoms with van der Waals surface area (Å²) < 4.78 is 18.3. The number of rotatable bonds is 6. The Labute approximate surface area is 150 Å². The van der Waals surface area contributed by atoms with Crippen molar-refractivity contribution in [3.05, 3.63) is 65.5 Å². The molecule has 0 heterocycles. The second-order valence-corrected chi connectivity index (χ2v) is 5.68. The zero-order valence-corrected chi connectivity index (χ0v) is 14.4. The van der Waals surface area contributed by atoms with Crippen molar-refractivity contribution in [2.75, 3.05) is 11.9 Å². The van der Waals surface area contributed by atoms with Gasteiger partial charge >= 0.3 is 5.97 Å². The van der Waals surface area contributed by atoms with Crippen molar-refractivity contribution in [2.45, 2.75) is 19.9 Å². The Bertz CT molecular complexity index is 808. The number of esters is 1. The molecule has 2 aromatic carbocycles. The maximum absolute atomic E-state index is 13.4. The van der Waals surface area contributed by atoms with Gasteiger partial charge in [-0.25, -0.2) is 9.18 Å². The molecule has 136 valence electrons. The van der Waals surface area contributed by atoms with Crippen LogP contribution in [0.3, 0.4) is 0 Å². The van der Waals surface area contributed by atoms with E-state index in [4.69, 9.17) is 4.74 Å². The van der Waals surface area contributed by atoms with E-state index in [9.17, 15) is 18.8 Å². The van der Waals surface area contributed by atoms with Gasteiger partial charge in [0, 0.05) is 11.3 Å². The van der Waals surface area contributed by atoms with Crippen LogP contribution in [0.4, 0.5) is 10.1 Å². The number of carbonyl (C=O) groups excluding carboxylic acids is 3. The number of aryl methyl sites for hydroxylation is 1. The van der Waals surface area contributed by atoms with E-state index < -0.39 is 36.2 Å². The van der Waals surface area contributed by atoms with Crippen LogP contribution in [0.15, 0.2) is 48.5 Å². The Kier molecular flexibility index (Phi) is 6.43. The van der Waals surface area contributed by atoms with Gasteiger partial charge in [-0.1, -0.05) is 24.3 Å². The van der Waals surface area contributed by atoms with Crippen LogP contribution in [0.25, 0.3) is 0 Å². The van der Waals surface area contributed by atoms with Crippen molar-refractivity contribution in [2.24, 2.45) is 0 Å². The summed E-state index contributed by atoms with van der Waals surface area (Å²) in [5.74, 6) is -2.23. The third-order valence-electron chi connectivity index (χ3n) is 3.54. The third kappa shape index (κ3) is 5.41. The van der Waals surface area contributed by atoms with E-state index in [0.29, 0.717) is 11.1 Å². The smallest absolute Gasteiger partial charge is 0.328 e. The van der Waals surface area contributed by atoms with Gasteiger partial charge in [0.2, 0.25) is 0 Å². The minimum absolute atomic E-state index is 0.263. The predicted molar refractivity (Wildman–Crippen MR) is 94.1 cm³/mol. The van der Waals surface area contributed by atoms with Crippen LogP contribution in [0.1, 0.15) is 22.8 Å². The van der Waals surface area contributed by atoms with Gasteiger partial charge in [-0.2, -0.15) is 0 Å². The first kappa shape index (κ1) is 19.1. The standard InChI is InChI=1S/C19H19FN2O4/c1-12-8-9-15(10-16(12)20)22-17(23)11-26-19(25)13(2)21-18(24)14-6-4-3-5-7-14/h3-10,13H,11H2,1-2H3,(H,21,24)(H,22,23)/t13-/m0/s1. The summed E-state index contributed by atoms with van der Waals surface area (Å²) in [6, 6.07) is 11.7. The topological polar surface area (TPSA) is 84.5 Å². The lowest BCUT2D eigenvalue weighted by Crippen LogP contribution is -2.40. The van der Waals surface area contributed by atoms with Crippen molar-refractivity contribution in [1.29, 1.82) is 0 Å². The van der Waals surface area contributed by atoms with Gasteiger partial charge in [0.25, 0.3) is 11.8 Å². The first-order chi connectivity index (χ1) is 12.4. The van der Waals surface area contributed by atoms with E-state index >= 15 is 0 Å². The van der Waals surface area contributed by atoms with E-state index in [1.165, 1.54) is 19.1 Å². The van der Waals surface area contributed by atoms with Crippen molar-refractivity contribution in [3.63, 3.8) is 0 Å². The van der Waals surface area contributed by atoms with E-state index in [-0.39, 0.29) is 5.69 Å². The monoisotopic (exact) mass is 358 g/mol. The highest BCUT2D eigenvalue weighted by molar-refractivity contribution is 5.97. The van der Waals surface area contributed by atoms with Gasteiger partial charge in [-0.05, 0) is 43.7 Å². The molecule has 0 aliphatic heterocycles. The first-order valence-electron chi connectivity index (χ1n) is 7.95. The highest BCUT2D eigenvalue weighted by Gasteiger charge is 2.19. The van der Waals surface area contributed by atoms with E-state index in [2.05, 4.69) is 10.6 Å². The lowest BCUT2D eigenvalue weighted by atomic mass is 10.2. The highest BCUT2D eigenvalue weighted by Crippen LogP contribution is 2.13. The van der Waals surface area contributed by atoms with Crippen LogP contribution >= 0.6 is 0 Å². The maximum Gasteiger partial charge on any atom is 0.328 e. The summed E-state index contributed by atoms with van der Waals surface area (Å²) in [5.41, 5.74) is 1.13. The molecule has 2 aromatic rings. The third-order valence-corrected chi connectivity index (χ3v) is 3.54. The molecule has 2 rings (SSSR count). The Balaban J connectivity index is 1.80. The van der Waals surface area contributed by atoms with Crippen LogP contribution in [0.5, 0.6) is 0 Å². The normalized spacial score (nSPS) is 11.3. The molecule has 2 N–H and O–H groups in total. The number of benzene rings is 2. The number of anilines is 1.